The monoisotopic (exact) mass is 714 g/mol. The van der Waals surface area contributed by atoms with E-state index >= 15 is 0 Å². The van der Waals surface area contributed by atoms with Crippen LogP contribution in [0.3, 0.4) is 0 Å². The van der Waals surface area contributed by atoms with Crippen molar-refractivity contribution in [1.29, 1.82) is 0 Å². The average Bonchev–Trinajstić information content (AvgIpc) is 3.17. The minimum Gasteiger partial charge on any atom is -0.392 e. The largest absolute Gasteiger partial charge is 0.392 e. The SMILES string of the molecule is CCCCCCCCN(CCCCCCCC)C[C@H]1O[C@@H](c2cccc(-c3cccc(CNC(=O)NCC)c3)c2)O[C@@H](c2ccc(CO)cc2)[C@H]1C. The average molecular weight is 714 g/mol. The van der Waals surface area contributed by atoms with Crippen molar-refractivity contribution in [3.05, 3.63) is 95.1 Å². The number of ether oxygens (including phenoxy) is 2. The summed E-state index contributed by atoms with van der Waals surface area (Å²) in [6.07, 6.45) is 14.9. The van der Waals surface area contributed by atoms with Crippen LogP contribution < -0.4 is 10.6 Å². The summed E-state index contributed by atoms with van der Waals surface area (Å²) in [5.41, 5.74) is 6.21. The second kappa shape index (κ2) is 23.4. The molecule has 0 aliphatic carbocycles. The third-order valence-corrected chi connectivity index (χ3v) is 10.4. The first-order valence-corrected chi connectivity index (χ1v) is 20.4. The lowest BCUT2D eigenvalue weighted by molar-refractivity contribution is -0.276. The first-order chi connectivity index (χ1) is 25.4. The van der Waals surface area contributed by atoms with Crippen molar-refractivity contribution in [3.8, 4) is 11.1 Å². The predicted octanol–water partition coefficient (Wildman–Crippen LogP) is 10.5. The number of urea groups is 1. The van der Waals surface area contributed by atoms with Gasteiger partial charge in [-0.2, -0.15) is 0 Å². The number of rotatable bonds is 23. The number of amides is 2. The Labute approximate surface area is 314 Å². The summed E-state index contributed by atoms with van der Waals surface area (Å²) in [7, 11) is 0. The van der Waals surface area contributed by atoms with Crippen molar-refractivity contribution in [3.63, 3.8) is 0 Å². The predicted molar refractivity (Wildman–Crippen MR) is 214 cm³/mol. The molecule has 0 saturated carbocycles. The molecule has 4 rings (SSSR count). The van der Waals surface area contributed by atoms with Crippen molar-refractivity contribution in [2.45, 2.75) is 136 Å². The zero-order chi connectivity index (χ0) is 37.0. The lowest BCUT2D eigenvalue weighted by Crippen LogP contribution is -2.45. The molecule has 52 heavy (non-hydrogen) atoms. The smallest absolute Gasteiger partial charge is 0.315 e. The van der Waals surface area contributed by atoms with Crippen LogP contribution in [-0.4, -0.2) is 48.3 Å². The number of carbonyl (C=O) groups is 1. The standard InChI is InChI=1S/C45H67N3O4/c1-5-8-10-12-14-16-28-48(29-17-15-13-11-9-6-2)33-42-35(4)43(38-26-24-36(34-49)25-27-38)52-44(51-42)41-23-19-22-40(31-41)39-21-18-20-37(30-39)32-47-45(50)46-7-3/h18-27,30-31,35,42-44,49H,5-17,28-29,32-34H2,1-4H3,(H2,46,47,50)/t35-,42+,43+,44+/m0/s1. The van der Waals surface area contributed by atoms with Gasteiger partial charge in [-0.25, -0.2) is 4.79 Å². The second-order valence-electron chi connectivity index (χ2n) is 14.7. The highest BCUT2D eigenvalue weighted by atomic mass is 16.7. The quantitative estimate of drug-likeness (QED) is 0.0852. The van der Waals surface area contributed by atoms with Crippen LogP contribution in [0.4, 0.5) is 4.79 Å². The normalized spacial score (nSPS) is 18.8. The zero-order valence-electron chi connectivity index (χ0n) is 32.6. The number of aliphatic hydroxyl groups is 1. The highest BCUT2D eigenvalue weighted by Gasteiger charge is 2.39. The molecule has 1 heterocycles. The Hall–Kier alpha value is -3.23. The van der Waals surface area contributed by atoms with Crippen LogP contribution in [0.5, 0.6) is 0 Å². The van der Waals surface area contributed by atoms with Crippen LogP contribution in [0.25, 0.3) is 11.1 Å². The lowest BCUT2D eigenvalue weighted by atomic mass is 9.89. The summed E-state index contributed by atoms with van der Waals surface area (Å²) in [5, 5.41) is 15.4. The van der Waals surface area contributed by atoms with Gasteiger partial charge < -0.3 is 30.1 Å². The minimum atomic E-state index is -0.517. The number of hydrogen-bond acceptors (Lipinski definition) is 5. The molecule has 3 N–H and O–H groups in total. The van der Waals surface area contributed by atoms with Crippen molar-refractivity contribution < 1.29 is 19.4 Å². The number of nitrogens with one attached hydrogen (secondary N) is 2. The third-order valence-electron chi connectivity index (χ3n) is 10.4. The Bertz CT molecular complexity index is 1410. The maximum absolute atomic E-state index is 12.0. The van der Waals surface area contributed by atoms with Crippen LogP contribution in [0, 0.1) is 5.92 Å². The number of hydrogen-bond donors (Lipinski definition) is 3. The van der Waals surface area contributed by atoms with E-state index in [0.717, 1.165) is 53.0 Å². The molecular formula is C45H67N3O4. The van der Waals surface area contributed by atoms with Crippen LogP contribution in [0.2, 0.25) is 0 Å². The van der Waals surface area contributed by atoms with Gasteiger partial charge in [-0.05, 0) is 72.8 Å². The molecule has 2 amide bonds. The van der Waals surface area contributed by atoms with E-state index in [-0.39, 0.29) is 30.8 Å². The molecular weight excluding hydrogens is 647 g/mol. The molecule has 0 unspecified atom stereocenters. The van der Waals surface area contributed by atoms with Gasteiger partial charge in [0.1, 0.15) is 0 Å². The molecule has 1 fully saturated rings. The Balaban J connectivity index is 1.54. The van der Waals surface area contributed by atoms with Crippen LogP contribution in [0.1, 0.15) is 139 Å². The Morgan fingerprint density at radius 2 is 1.31 bits per heavy atom. The Morgan fingerprint density at radius 3 is 1.94 bits per heavy atom. The van der Waals surface area contributed by atoms with Gasteiger partial charge in [-0.1, -0.05) is 146 Å². The molecule has 1 aliphatic rings. The maximum atomic E-state index is 12.0. The number of carbonyl (C=O) groups excluding carboxylic acids is 1. The van der Waals surface area contributed by atoms with Crippen LogP contribution in [0.15, 0.2) is 72.8 Å². The zero-order valence-corrected chi connectivity index (χ0v) is 32.6. The molecule has 7 heteroatoms. The molecule has 7 nitrogen and oxygen atoms in total. The Morgan fingerprint density at radius 1 is 0.692 bits per heavy atom. The van der Waals surface area contributed by atoms with E-state index in [2.05, 4.69) is 84.8 Å². The lowest BCUT2D eigenvalue weighted by Gasteiger charge is -2.43. The Kier molecular flexibility index (Phi) is 18.7. The van der Waals surface area contributed by atoms with E-state index in [0.29, 0.717) is 13.1 Å². The van der Waals surface area contributed by atoms with E-state index in [9.17, 15) is 9.90 Å². The summed E-state index contributed by atoms with van der Waals surface area (Å²) >= 11 is 0. The third kappa shape index (κ3) is 13.6. The van der Waals surface area contributed by atoms with E-state index < -0.39 is 6.29 Å². The number of nitrogens with zero attached hydrogens (tertiary/aromatic N) is 1. The van der Waals surface area contributed by atoms with E-state index in [1.54, 1.807) is 0 Å². The van der Waals surface area contributed by atoms with Crippen LogP contribution >= 0.6 is 0 Å². The number of aliphatic hydroxyl groups excluding tert-OH is 1. The van der Waals surface area contributed by atoms with Gasteiger partial charge in [0, 0.05) is 31.1 Å². The van der Waals surface area contributed by atoms with E-state index in [4.69, 9.17) is 9.47 Å². The van der Waals surface area contributed by atoms with Crippen molar-refractivity contribution in [1.82, 2.24) is 15.5 Å². The molecule has 0 radical (unpaired) electrons. The second-order valence-corrected chi connectivity index (χ2v) is 14.7. The highest BCUT2D eigenvalue weighted by molar-refractivity contribution is 5.74. The molecule has 286 valence electrons. The number of unbranched alkanes of at least 4 members (excludes halogenated alkanes) is 10. The van der Waals surface area contributed by atoms with Crippen molar-refractivity contribution in [2.24, 2.45) is 5.92 Å². The van der Waals surface area contributed by atoms with Gasteiger partial charge in [0.15, 0.2) is 6.29 Å². The minimum absolute atomic E-state index is 0.00576. The summed E-state index contributed by atoms with van der Waals surface area (Å²) in [6, 6.07) is 24.9. The topological polar surface area (TPSA) is 83.1 Å². The molecule has 0 bridgehead atoms. The van der Waals surface area contributed by atoms with Crippen molar-refractivity contribution >= 4 is 6.03 Å². The molecule has 3 aromatic rings. The fraction of sp³-hybridized carbons (Fsp3) is 0.578. The first-order valence-electron chi connectivity index (χ1n) is 20.4. The molecule has 1 aliphatic heterocycles. The molecule has 0 aromatic heterocycles. The van der Waals surface area contributed by atoms with Crippen LogP contribution in [-0.2, 0) is 22.6 Å². The summed E-state index contributed by atoms with van der Waals surface area (Å²) in [4.78, 5) is 14.7. The van der Waals surface area contributed by atoms with E-state index in [1.807, 2.05) is 31.2 Å². The van der Waals surface area contributed by atoms with Gasteiger partial charge in [0.2, 0.25) is 0 Å². The van der Waals surface area contributed by atoms with Gasteiger partial charge in [-0.15, -0.1) is 0 Å². The molecule has 1 saturated heterocycles. The first kappa shape index (κ1) is 41.5. The summed E-state index contributed by atoms with van der Waals surface area (Å²) in [6.45, 7) is 12.9. The maximum Gasteiger partial charge on any atom is 0.315 e. The molecule has 4 atom stereocenters. The van der Waals surface area contributed by atoms with E-state index in [1.165, 1.54) is 77.0 Å². The molecule has 3 aromatic carbocycles. The highest BCUT2D eigenvalue weighted by Crippen LogP contribution is 2.42. The fourth-order valence-electron chi connectivity index (χ4n) is 7.24. The molecule has 0 spiro atoms. The summed E-state index contributed by atoms with van der Waals surface area (Å²) in [5.74, 6) is 0.144. The van der Waals surface area contributed by atoms with Gasteiger partial charge in [0.05, 0.1) is 18.8 Å². The van der Waals surface area contributed by atoms with Gasteiger partial charge in [0.25, 0.3) is 0 Å². The fourth-order valence-corrected chi connectivity index (χ4v) is 7.24. The van der Waals surface area contributed by atoms with Gasteiger partial charge in [-0.3, -0.25) is 0 Å². The number of benzene rings is 3. The van der Waals surface area contributed by atoms with Gasteiger partial charge >= 0.3 is 6.03 Å². The van der Waals surface area contributed by atoms with Crippen molar-refractivity contribution in [2.75, 3.05) is 26.2 Å². The summed E-state index contributed by atoms with van der Waals surface area (Å²) < 4.78 is 13.8.